The summed E-state index contributed by atoms with van der Waals surface area (Å²) in [5.41, 5.74) is 2.47. The zero-order valence-corrected chi connectivity index (χ0v) is 21.1. The molecule has 2 atom stereocenters. The molecule has 0 bridgehead atoms. The van der Waals surface area contributed by atoms with Crippen molar-refractivity contribution in [1.82, 2.24) is 4.90 Å². The highest BCUT2D eigenvalue weighted by Gasteiger charge is 2.39. The Morgan fingerprint density at radius 1 is 1.00 bits per heavy atom. The molecule has 1 fully saturated rings. The summed E-state index contributed by atoms with van der Waals surface area (Å²) < 4.78 is 36.4. The van der Waals surface area contributed by atoms with Crippen LogP contribution in [0.2, 0.25) is 0 Å². The molecule has 2 aromatic rings. The van der Waals surface area contributed by atoms with E-state index in [0.29, 0.717) is 44.1 Å². The topological polar surface area (TPSA) is 72.9 Å². The van der Waals surface area contributed by atoms with Crippen molar-refractivity contribution < 1.29 is 27.7 Å². The first-order valence-electron chi connectivity index (χ1n) is 12.2. The molecule has 1 saturated heterocycles. The summed E-state index contributed by atoms with van der Waals surface area (Å²) in [6.07, 6.45) is 5.41. The van der Waals surface area contributed by atoms with E-state index in [-0.39, 0.29) is 23.1 Å². The number of ether oxygens (including phenoxy) is 2. The summed E-state index contributed by atoms with van der Waals surface area (Å²) in [4.78, 5) is 25.4. The Labute approximate surface area is 209 Å². The van der Waals surface area contributed by atoms with E-state index in [9.17, 15) is 18.2 Å². The Hall–Kier alpha value is -2.58. The minimum absolute atomic E-state index is 0.00500. The molecule has 0 spiro atoms. The number of carbonyl (C=O) groups excluding carboxylic acids is 2. The summed E-state index contributed by atoms with van der Waals surface area (Å²) in [7, 11) is -1.22. The summed E-state index contributed by atoms with van der Waals surface area (Å²) >= 11 is 0. The zero-order valence-electron chi connectivity index (χ0n) is 20.2. The second-order valence-electron chi connectivity index (χ2n) is 8.59. The number of hydrogen-bond donors (Lipinski definition) is 0. The fraction of sp³-hybridized carbons (Fsp3) is 0.481. The first-order valence-corrected chi connectivity index (χ1v) is 13.6. The summed E-state index contributed by atoms with van der Waals surface area (Å²) in [5.74, 6) is -0.243. The molecule has 0 radical (unpaired) electrons. The molecule has 1 amide bonds. The molecule has 0 aliphatic carbocycles. The van der Waals surface area contributed by atoms with Crippen LogP contribution in [-0.4, -0.2) is 52.7 Å². The number of esters is 1. The molecule has 1 aliphatic heterocycles. The van der Waals surface area contributed by atoms with Gasteiger partial charge >= 0.3 is 5.97 Å². The minimum Gasteiger partial charge on any atom is -0.462 e. The van der Waals surface area contributed by atoms with Crippen molar-refractivity contribution in [2.45, 2.75) is 56.6 Å². The van der Waals surface area contributed by atoms with Gasteiger partial charge in [0, 0.05) is 24.0 Å². The molecule has 2 aromatic carbocycles. The van der Waals surface area contributed by atoms with E-state index in [1.54, 1.807) is 36.1 Å². The van der Waals surface area contributed by atoms with Gasteiger partial charge in [0.25, 0.3) is 0 Å². The second-order valence-corrected chi connectivity index (χ2v) is 10.2. The van der Waals surface area contributed by atoms with Crippen molar-refractivity contribution in [3.8, 4) is 0 Å². The number of aryl methyl sites for hydroxylation is 1. The van der Waals surface area contributed by atoms with Crippen LogP contribution in [-0.2, 0) is 37.2 Å². The molecule has 8 heteroatoms. The average molecular weight is 504 g/mol. The maximum absolute atomic E-state index is 12.9. The van der Waals surface area contributed by atoms with Crippen molar-refractivity contribution in [2.75, 3.05) is 26.4 Å². The number of carbonyl (C=O) groups is 2. The Kier molecular flexibility index (Phi) is 10.9. The Morgan fingerprint density at radius 3 is 2.37 bits per heavy atom. The molecular weight excluding hydrogens is 469 g/mol. The molecule has 35 heavy (non-hydrogen) atoms. The predicted molar refractivity (Wildman–Crippen MR) is 134 cm³/mol. The van der Waals surface area contributed by atoms with Crippen molar-refractivity contribution in [3.63, 3.8) is 0 Å². The van der Waals surface area contributed by atoms with Crippen molar-refractivity contribution >= 4 is 22.7 Å². The largest absolute Gasteiger partial charge is 0.462 e. The van der Waals surface area contributed by atoms with Gasteiger partial charge in [0.2, 0.25) is 5.91 Å². The Balaban J connectivity index is 1.27. The molecule has 0 saturated carbocycles. The highest BCUT2D eigenvalue weighted by Crippen LogP contribution is 2.24. The van der Waals surface area contributed by atoms with Crippen LogP contribution < -0.4 is 0 Å². The highest BCUT2D eigenvalue weighted by molar-refractivity contribution is 7.84. The van der Waals surface area contributed by atoms with E-state index < -0.39 is 10.8 Å². The summed E-state index contributed by atoms with van der Waals surface area (Å²) in [6, 6.07) is 13.5. The normalized spacial score (nSPS) is 16.1. The number of hydrogen-bond acceptors (Lipinski definition) is 5. The average Bonchev–Trinajstić information content (AvgIpc) is 2.85. The zero-order chi connectivity index (χ0) is 25.0. The maximum Gasteiger partial charge on any atom is 0.338 e. The summed E-state index contributed by atoms with van der Waals surface area (Å²) in [6.45, 7) is 3.59. The molecule has 1 aliphatic rings. The van der Waals surface area contributed by atoms with Crippen LogP contribution in [0.1, 0.15) is 60.5 Å². The predicted octanol–water partition coefficient (Wildman–Crippen LogP) is 4.63. The van der Waals surface area contributed by atoms with E-state index in [0.717, 1.165) is 43.2 Å². The van der Waals surface area contributed by atoms with Crippen molar-refractivity contribution in [1.29, 1.82) is 0 Å². The number of β-lactam (4-membered cyclic amide) rings is 1. The maximum atomic E-state index is 12.9. The Bertz CT molecular complexity index is 980. The number of halogens is 1. The number of amides is 1. The van der Waals surface area contributed by atoms with Crippen LogP contribution in [0.15, 0.2) is 48.5 Å². The Morgan fingerprint density at radius 2 is 1.69 bits per heavy atom. The molecule has 3 rings (SSSR count). The van der Waals surface area contributed by atoms with E-state index in [1.807, 2.05) is 12.1 Å². The number of likely N-dealkylation sites (tertiary alicyclic amines) is 1. The number of nitrogens with zero attached hydrogens (tertiary/aromatic N) is 1. The van der Waals surface area contributed by atoms with Crippen LogP contribution in [0.25, 0.3) is 0 Å². The van der Waals surface area contributed by atoms with Gasteiger partial charge in [-0.15, -0.1) is 0 Å². The standard InChI is InChI=1S/C27H34FNO5S/c1-2-34-27(31)23-12-8-22(9-13-23)20-35(32)26-19-25(30)29(26)16-18-33-17-6-4-3-5-7-21-10-14-24(28)15-11-21/h8-15,26H,2-7,16-20H2,1H3. The fourth-order valence-electron chi connectivity index (χ4n) is 3.94. The van der Waals surface area contributed by atoms with Crippen molar-refractivity contribution in [2.24, 2.45) is 0 Å². The summed E-state index contributed by atoms with van der Waals surface area (Å²) in [5, 5.41) is -0.290. The van der Waals surface area contributed by atoms with Crippen LogP contribution in [0.3, 0.4) is 0 Å². The van der Waals surface area contributed by atoms with Gasteiger partial charge in [-0.05, 0) is 61.6 Å². The minimum atomic E-state index is -1.22. The third-order valence-electron chi connectivity index (χ3n) is 5.99. The molecular formula is C27H34FNO5S. The lowest BCUT2D eigenvalue weighted by Gasteiger charge is -2.39. The number of benzene rings is 2. The fourth-order valence-corrected chi connectivity index (χ4v) is 5.49. The molecule has 0 aromatic heterocycles. The van der Waals surface area contributed by atoms with E-state index in [2.05, 4.69) is 0 Å². The van der Waals surface area contributed by atoms with E-state index in [1.165, 1.54) is 12.1 Å². The van der Waals surface area contributed by atoms with Crippen LogP contribution in [0.5, 0.6) is 0 Å². The first-order chi connectivity index (χ1) is 17.0. The van der Waals surface area contributed by atoms with Gasteiger partial charge in [-0.3, -0.25) is 9.00 Å². The third-order valence-corrected chi connectivity index (χ3v) is 7.63. The lowest BCUT2D eigenvalue weighted by molar-refractivity contribution is -0.142. The van der Waals surface area contributed by atoms with E-state index in [4.69, 9.17) is 9.47 Å². The van der Waals surface area contributed by atoms with Crippen molar-refractivity contribution in [3.05, 3.63) is 71.0 Å². The number of rotatable bonds is 15. The molecule has 0 N–H and O–H groups in total. The molecule has 2 unspecified atom stereocenters. The molecule has 190 valence electrons. The third kappa shape index (κ3) is 8.54. The lowest BCUT2D eigenvalue weighted by atomic mass is 10.1. The van der Waals surface area contributed by atoms with Crippen LogP contribution >= 0.6 is 0 Å². The highest BCUT2D eigenvalue weighted by atomic mass is 32.2. The van der Waals surface area contributed by atoms with Crippen LogP contribution in [0.4, 0.5) is 4.39 Å². The smallest absolute Gasteiger partial charge is 0.338 e. The van der Waals surface area contributed by atoms with Gasteiger partial charge in [-0.2, -0.15) is 0 Å². The van der Waals surface area contributed by atoms with Crippen LogP contribution in [0, 0.1) is 5.82 Å². The van der Waals surface area contributed by atoms with Gasteiger partial charge in [-0.1, -0.05) is 37.1 Å². The first kappa shape index (κ1) is 27.0. The SMILES string of the molecule is CCOC(=O)c1ccc(CS(=O)C2CC(=O)N2CCOCCCCCCc2ccc(F)cc2)cc1. The lowest BCUT2D eigenvalue weighted by Crippen LogP contribution is -2.55. The van der Waals surface area contributed by atoms with Gasteiger partial charge in [0.1, 0.15) is 11.2 Å². The second kappa shape index (κ2) is 14.1. The van der Waals surface area contributed by atoms with Gasteiger partial charge in [0.15, 0.2) is 0 Å². The molecule has 6 nitrogen and oxygen atoms in total. The molecule has 1 heterocycles. The van der Waals surface area contributed by atoms with Gasteiger partial charge in [0.05, 0.1) is 31.0 Å². The van der Waals surface area contributed by atoms with Gasteiger partial charge in [-0.25, -0.2) is 9.18 Å². The van der Waals surface area contributed by atoms with E-state index >= 15 is 0 Å². The number of unbranched alkanes of at least 4 members (excludes halogenated alkanes) is 3. The monoisotopic (exact) mass is 503 g/mol. The quantitative estimate of drug-likeness (QED) is 0.201. The van der Waals surface area contributed by atoms with Gasteiger partial charge < -0.3 is 14.4 Å².